The minimum Gasteiger partial charge on any atom is -0.314 e. The topological polar surface area (TPSA) is 12.0 Å². The molecule has 0 spiro atoms. The summed E-state index contributed by atoms with van der Waals surface area (Å²) in [7, 11) is 0. The molecule has 0 saturated carbocycles. The summed E-state index contributed by atoms with van der Waals surface area (Å²) in [6.07, 6.45) is 2.37. The van der Waals surface area contributed by atoms with Crippen LogP contribution in [0.3, 0.4) is 0 Å². The fourth-order valence-corrected chi connectivity index (χ4v) is 2.18. The Kier molecular flexibility index (Phi) is 6.07. The van der Waals surface area contributed by atoms with E-state index in [0.717, 1.165) is 18.9 Å². The number of hydrogen-bond donors (Lipinski definition) is 1. The van der Waals surface area contributed by atoms with Gasteiger partial charge >= 0.3 is 0 Å². The molecule has 0 aliphatic rings. The molecule has 1 atom stereocenters. The minimum atomic E-state index is 0.577. The molecule has 1 unspecified atom stereocenters. The zero-order valence-electron chi connectivity index (χ0n) is 10.5. The first-order valence-corrected chi connectivity index (χ1v) is 6.89. The summed E-state index contributed by atoms with van der Waals surface area (Å²) >= 11 is 3.61. The Labute approximate surface area is 108 Å². The van der Waals surface area contributed by atoms with Crippen LogP contribution in [-0.2, 0) is 6.42 Å². The first kappa shape index (κ1) is 13.7. The molecule has 0 bridgehead atoms. The number of nitrogens with one attached hydrogen (secondary N) is 1. The van der Waals surface area contributed by atoms with Gasteiger partial charge in [0.2, 0.25) is 0 Å². The van der Waals surface area contributed by atoms with Gasteiger partial charge in [0.25, 0.3) is 0 Å². The molecule has 1 nitrogen and oxygen atoms in total. The van der Waals surface area contributed by atoms with E-state index < -0.39 is 0 Å². The van der Waals surface area contributed by atoms with Crippen LogP contribution in [0.1, 0.15) is 32.8 Å². The number of halogens is 1. The molecule has 1 rings (SSSR count). The third kappa shape index (κ3) is 4.67. The van der Waals surface area contributed by atoms with E-state index in [1.165, 1.54) is 16.5 Å². The smallest absolute Gasteiger partial charge is 0.0207 e. The second kappa shape index (κ2) is 7.08. The molecular weight excluding hydrogens is 262 g/mol. The molecule has 0 radical (unpaired) electrons. The highest BCUT2D eigenvalue weighted by atomic mass is 79.9. The van der Waals surface area contributed by atoms with Crippen molar-refractivity contribution in [2.75, 3.05) is 6.54 Å². The third-order valence-electron chi connectivity index (χ3n) is 2.86. The van der Waals surface area contributed by atoms with Gasteiger partial charge in [-0.2, -0.15) is 0 Å². The van der Waals surface area contributed by atoms with Crippen molar-refractivity contribution in [3.8, 4) is 0 Å². The second-order valence-electron chi connectivity index (χ2n) is 4.63. The molecule has 2 heteroatoms. The van der Waals surface area contributed by atoms with Crippen molar-refractivity contribution < 1.29 is 0 Å². The third-order valence-corrected chi connectivity index (χ3v) is 3.63. The lowest BCUT2D eigenvalue weighted by atomic mass is 9.96. The van der Waals surface area contributed by atoms with Gasteiger partial charge in [-0.25, -0.2) is 0 Å². The van der Waals surface area contributed by atoms with Crippen molar-refractivity contribution in [2.45, 2.75) is 39.7 Å². The second-order valence-corrected chi connectivity index (χ2v) is 5.49. The lowest BCUT2D eigenvalue weighted by Crippen LogP contribution is -2.29. The molecule has 1 N–H and O–H groups in total. The normalized spacial score (nSPS) is 13.1. The van der Waals surface area contributed by atoms with Crippen LogP contribution in [0.5, 0.6) is 0 Å². The Morgan fingerprint density at radius 2 is 1.94 bits per heavy atom. The first-order chi connectivity index (χ1) is 7.63. The highest BCUT2D eigenvalue weighted by Gasteiger charge is 2.09. The number of hydrogen-bond acceptors (Lipinski definition) is 1. The van der Waals surface area contributed by atoms with Gasteiger partial charge in [-0.3, -0.25) is 0 Å². The molecule has 90 valence electrons. The SMILES string of the molecule is CCC(CNC(C)C)Cc1ccccc1Br. The standard InChI is InChI=1S/C14H22BrN/c1-4-12(10-16-11(2)3)9-13-7-5-6-8-14(13)15/h5-8,11-12,16H,4,9-10H2,1-3H3. The molecule has 0 heterocycles. The Morgan fingerprint density at radius 3 is 2.50 bits per heavy atom. The lowest BCUT2D eigenvalue weighted by molar-refractivity contribution is 0.435. The van der Waals surface area contributed by atoms with Gasteiger partial charge < -0.3 is 5.32 Å². The van der Waals surface area contributed by atoms with Crippen molar-refractivity contribution in [3.05, 3.63) is 34.3 Å². The van der Waals surface area contributed by atoms with Crippen molar-refractivity contribution in [1.29, 1.82) is 0 Å². The van der Waals surface area contributed by atoms with Crippen molar-refractivity contribution in [3.63, 3.8) is 0 Å². The molecule has 1 aromatic rings. The Morgan fingerprint density at radius 1 is 1.25 bits per heavy atom. The van der Waals surface area contributed by atoms with E-state index in [-0.39, 0.29) is 0 Å². The van der Waals surface area contributed by atoms with Crippen LogP contribution in [0.4, 0.5) is 0 Å². The zero-order valence-corrected chi connectivity index (χ0v) is 12.0. The van der Waals surface area contributed by atoms with Crippen LogP contribution in [0.25, 0.3) is 0 Å². The molecule has 16 heavy (non-hydrogen) atoms. The van der Waals surface area contributed by atoms with Gasteiger partial charge in [0.15, 0.2) is 0 Å². The number of rotatable bonds is 6. The molecule has 0 fully saturated rings. The van der Waals surface area contributed by atoms with Gasteiger partial charge in [0, 0.05) is 10.5 Å². The van der Waals surface area contributed by atoms with Gasteiger partial charge in [0.05, 0.1) is 0 Å². The Balaban J connectivity index is 2.53. The molecule has 0 aliphatic carbocycles. The van der Waals surface area contributed by atoms with E-state index in [1.807, 2.05) is 0 Å². The predicted molar refractivity (Wildman–Crippen MR) is 74.8 cm³/mol. The largest absolute Gasteiger partial charge is 0.314 e. The van der Waals surface area contributed by atoms with E-state index in [4.69, 9.17) is 0 Å². The zero-order chi connectivity index (χ0) is 12.0. The summed E-state index contributed by atoms with van der Waals surface area (Å²) in [6, 6.07) is 9.09. The van der Waals surface area contributed by atoms with Crippen LogP contribution in [0.15, 0.2) is 28.7 Å². The predicted octanol–water partition coefficient (Wildman–Crippen LogP) is 4.02. The molecule has 0 aliphatic heterocycles. The molecular formula is C14H22BrN. The average Bonchev–Trinajstić information content (AvgIpc) is 2.26. The summed E-state index contributed by atoms with van der Waals surface area (Å²) in [5.41, 5.74) is 1.42. The van der Waals surface area contributed by atoms with Crippen LogP contribution in [0, 0.1) is 5.92 Å². The Bertz CT molecular complexity index is 309. The van der Waals surface area contributed by atoms with Gasteiger partial charge in [-0.15, -0.1) is 0 Å². The fraction of sp³-hybridized carbons (Fsp3) is 0.571. The summed E-state index contributed by atoms with van der Waals surface area (Å²) in [4.78, 5) is 0. The van der Waals surface area contributed by atoms with Crippen LogP contribution in [-0.4, -0.2) is 12.6 Å². The van der Waals surface area contributed by atoms with E-state index >= 15 is 0 Å². The monoisotopic (exact) mass is 283 g/mol. The van der Waals surface area contributed by atoms with Gasteiger partial charge in [0.1, 0.15) is 0 Å². The first-order valence-electron chi connectivity index (χ1n) is 6.10. The summed E-state index contributed by atoms with van der Waals surface area (Å²) in [6.45, 7) is 7.77. The number of benzene rings is 1. The maximum Gasteiger partial charge on any atom is 0.0207 e. The van der Waals surface area contributed by atoms with Crippen LogP contribution >= 0.6 is 15.9 Å². The van der Waals surface area contributed by atoms with E-state index in [9.17, 15) is 0 Å². The fourth-order valence-electron chi connectivity index (χ4n) is 1.74. The lowest BCUT2D eigenvalue weighted by Gasteiger charge is -2.18. The maximum absolute atomic E-state index is 3.61. The van der Waals surface area contributed by atoms with Gasteiger partial charge in [-0.1, -0.05) is 61.3 Å². The van der Waals surface area contributed by atoms with Gasteiger partial charge in [-0.05, 0) is 30.5 Å². The van der Waals surface area contributed by atoms with Crippen molar-refractivity contribution in [1.82, 2.24) is 5.32 Å². The van der Waals surface area contributed by atoms with Crippen LogP contribution in [0.2, 0.25) is 0 Å². The Hall–Kier alpha value is -0.340. The average molecular weight is 284 g/mol. The summed E-state index contributed by atoms with van der Waals surface area (Å²) in [5, 5.41) is 3.52. The minimum absolute atomic E-state index is 0.577. The summed E-state index contributed by atoms with van der Waals surface area (Å²) in [5.74, 6) is 0.723. The summed E-state index contributed by atoms with van der Waals surface area (Å²) < 4.78 is 1.23. The van der Waals surface area contributed by atoms with E-state index in [0.29, 0.717) is 6.04 Å². The molecule has 1 aromatic carbocycles. The molecule has 0 saturated heterocycles. The highest BCUT2D eigenvalue weighted by Crippen LogP contribution is 2.20. The van der Waals surface area contributed by atoms with E-state index in [2.05, 4.69) is 66.3 Å². The quantitative estimate of drug-likeness (QED) is 0.832. The maximum atomic E-state index is 3.61. The van der Waals surface area contributed by atoms with Crippen LogP contribution < -0.4 is 5.32 Å². The van der Waals surface area contributed by atoms with Crippen molar-refractivity contribution >= 4 is 15.9 Å². The van der Waals surface area contributed by atoms with E-state index in [1.54, 1.807) is 0 Å². The molecule has 0 amide bonds. The molecule has 0 aromatic heterocycles. The van der Waals surface area contributed by atoms with Crippen molar-refractivity contribution in [2.24, 2.45) is 5.92 Å². The highest BCUT2D eigenvalue weighted by molar-refractivity contribution is 9.10.